The van der Waals surface area contributed by atoms with Gasteiger partial charge in [-0.05, 0) is 48.5 Å². The van der Waals surface area contributed by atoms with Crippen LogP contribution in [0, 0.1) is 14.9 Å². The molecular formula is C26H24N4O8Ru. The van der Waals surface area contributed by atoms with Gasteiger partial charge in [0.25, 0.3) is 0 Å². The van der Waals surface area contributed by atoms with Crippen LogP contribution in [0.4, 0.5) is 0 Å². The third kappa shape index (κ3) is 12.3. The molecular weight excluding hydrogens is 597 g/mol. The Hall–Kier alpha value is -4.90. The van der Waals surface area contributed by atoms with Gasteiger partial charge in [-0.3, -0.25) is 19.9 Å². The number of hydrogen-bond donors (Lipinski definition) is 4. The predicted octanol–water partition coefficient (Wildman–Crippen LogP) is 4.00. The van der Waals surface area contributed by atoms with Gasteiger partial charge in [-0.2, -0.15) is 0 Å². The predicted molar refractivity (Wildman–Crippen MR) is 137 cm³/mol. The van der Waals surface area contributed by atoms with Gasteiger partial charge in [-0.25, -0.2) is 19.2 Å². The SMILES string of the molecule is O=C(O)c1ccnc(-c2cc(C(=O)O)ccn2)c1.O=C(O)c1ccncc1.O=C(O)c1ccncc1.[CH3-].[CH3-].[Ru+2]. The molecule has 0 saturated heterocycles. The molecule has 0 fully saturated rings. The van der Waals surface area contributed by atoms with Crippen LogP contribution in [0.2, 0.25) is 0 Å². The molecule has 4 rings (SSSR count). The second-order valence-corrected chi connectivity index (χ2v) is 6.55. The smallest absolute Gasteiger partial charge is 0.478 e. The fourth-order valence-electron chi connectivity index (χ4n) is 2.40. The number of nitrogens with zero attached hydrogens (tertiary/aromatic N) is 4. The Morgan fingerprint density at radius 2 is 0.718 bits per heavy atom. The summed E-state index contributed by atoms with van der Waals surface area (Å²) in [4.78, 5) is 57.3. The Kier molecular flexibility index (Phi) is 17.1. The van der Waals surface area contributed by atoms with Crippen molar-refractivity contribution in [2.75, 3.05) is 0 Å². The standard InChI is InChI=1S/C12H8N2O4.2C6H5NO2.2CH3.Ru/c15-11(16)7-1-3-13-9(5-7)10-6-8(12(17)18)2-4-14-10;2*8-6(9)5-1-3-7-4-2-5;;;/h1-6H,(H,15,16)(H,17,18);2*1-4H,(H,8,9);2*1H3;/q;;;2*-1;+2. The molecule has 0 aromatic carbocycles. The van der Waals surface area contributed by atoms with Gasteiger partial charge in [0.2, 0.25) is 0 Å². The summed E-state index contributed by atoms with van der Waals surface area (Å²) in [6.45, 7) is 0. The molecule has 13 heteroatoms. The van der Waals surface area contributed by atoms with Crippen molar-refractivity contribution in [3.8, 4) is 11.4 Å². The van der Waals surface area contributed by atoms with E-state index in [1.54, 1.807) is 0 Å². The number of aromatic nitrogens is 4. The van der Waals surface area contributed by atoms with Crippen LogP contribution in [0.25, 0.3) is 11.4 Å². The van der Waals surface area contributed by atoms with Crippen molar-refractivity contribution in [1.82, 2.24) is 19.9 Å². The molecule has 12 nitrogen and oxygen atoms in total. The molecule has 0 saturated carbocycles. The van der Waals surface area contributed by atoms with E-state index in [9.17, 15) is 19.2 Å². The van der Waals surface area contributed by atoms with E-state index >= 15 is 0 Å². The minimum Gasteiger partial charge on any atom is -0.478 e. The van der Waals surface area contributed by atoms with Crippen molar-refractivity contribution in [1.29, 1.82) is 0 Å². The number of pyridine rings is 4. The Morgan fingerprint density at radius 1 is 0.462 bits per heavy atom. The van der Waals surface area contributed by atoms with E-state index < -0.39 is 23.9 Å². The Labute approximate surface area is 236 Å². The van der Waals surface area contributed by atoms with Crippen LogP contribution >= 0.6 is 0 Å². The summed E-state index contributed by atoms with van der Waals surface area (Å²) in [5.74, 6) is -3.99. The van der Waals surface area contributed by atoms with Crippen LogP contribution in [0.3, 0.4) is 0 Å². The summed E-state index contributed by atoms with van der Waals surface area (Å²) in [7, 11) is 0. The molecule has 0 aliphatic rings. The molecule has 0 aliphatic carbocycles. The number of carboxylic acids is 4. The summed E-state index contributed by atoms with van der Waals surface area (Å²) in [5.41, 5.74) is 1.32. The van der Waals surface area contributed by atoms with Crippen LogP contribution in [0.5, 0.6) is 0 Å². The molecule has 4 N–H and O–H groups in total. The molecule has 0 spiro atoms. The van der Waals surface area contributed by atoms with Crippen molar-refractivity contribution in [3.05, 3.63) is 123 Å². The van der Waals surface area contributed by atoms with Crippen LogP contribution in [-0.4, -0.2) is 64.2 Å². The largest absolute Gasteiger partial charge is 2.00 e. The van der Waals surface area contributed by atoms with Crippen molar-refractivity contribution in [2.24, 2.45) is 0 Å². The number of carbonyl (C=O) groups is 4. The summed E-state index contributed by atoms with van der Waals surface area (Å²) >= 11 is 0. The third-order valence-corrected chi connectivity index (χ3v) is 4.13. The van der Waals surface area contributed by atoms with Gasteiger partial charge < -0.3 is 35.3 Å². The maximum atomic E-state index is 10.8. The molecule has 4 aromatic heterocycles. The van der Waals surface area contributed by atoms with E-state index in [2.05, 4.69) is 19.9 Å². The Morgan fingerprint density at radius 3 is 0.949 bits per heavy atom. The molecule has 0 bridgehead atoms. The average molecular weight is 622 g/mol. The zero-order valence-corrected chi connectivity index (χ0v) is 22.4. The zero-order valence-electron chi connectivity index (χ0n) is 20.6. The summed E-state index contributed by atoms with van der Waals surface area (Å²) < 4.78 is 0. The van der Waals surface area contributed by atoms with E-state index in [1.165, 1.54) is 85.7 Å². The van der Waals surface area contributed by atoms with E-state index in [0.29, 0.717) is 11.4 Å². The van der Waals surface area contributed by atoms with Crippen molar-refractivity contribution < 1.29 is 59.1 Å². The first-order chi connectivity index (χ1) is 17.2. The van der Waals surface area contributed by atoms with Crippen molar-refractivity contribution in [3.63, 3.8) is 0 Å². The van der Waals surface area contributed by atoms with Crippen LogP contribution in [0.1, 0.15) is 41.4 Å². The van der Waals surface area contributed by atoms with Gasteiger partial charge >= 0.3 is 43.4 Å². The van der Waals surface area contributed by atoms with E-state index in [4.69, 9.17) is 20.4 Å². The van der Waals surface area contributed by atoms with Gasteiger partial charge in [0.1, 0.15) is 0 Å². The number of hydrogen-bond acceptors (Lipinski definition) is 8. The molecule has 0 atom stereocenters. The molecule has 39 heavy (non-hydrogen) atoms. The van der Waals surface area contributed by atoms with E-state index in [0.717, 1.165) is 0 Å². The topological polar surface area (TPSA) is 201 Å². The van der Waals surface area contributed by atoms with Gasteiger partial charge in [-0.1, -0.05) is 0 Å². The summed E-state index contributed by atoms with van der Waals surface area (Å²) in [5, 5.41) is 34.4. The number of aromatic carboxylic acids is 4. The first kappa shape index (κ1) is 36.3. The third-order valence-electron chi connectivity index (χ3n) is 4.13. The molecule has 4 heterocycles. The fourth-order valence-corrected chi connectivity index (χ4v) is 2.40. The molecule has 0 radical (unpaired) electrons. The molecule has 0 aliphatic heterocycles. The van der Waals surface area contributed by atoms with Gasteiger partial charge in [0.05, 0.1) is 33.6 Å². The Bertz CT molecular complexity index is 1250. The minimum absolute atomic E-state index is 0. The van der Waals surface area contributed by atoms with E-state index in [-0.39, 0.29) is 56.6 Å². The average Bonchev–Trinajstić information content (AvgIpc) is 2.90. The van der Waals surface area contributed by atoms with Gasteiger partial charge in [-0.15, -0.1) is 0 Å². The van der Waals surface area contributed by atoms with Crippen LogP contribution < -0.4 is 0 Å². The quantitative estimate of drug-likeness (QED) is 0.185. The molecule has 4 aromatic rings. The fraction of sp³-hybridized carbons (Fsp3) is 0. The van der Waals surface area contributed by atoms with Gasteiger partial charge in [0, 0.05) is 37.2 Å². The second-order valence-electron chi connectivity index (χ2n) is 6.55. The zero-order chi connectivity index (χ0) is 26.5. The van der Waals surface area contributed by atoms with E-state index in [1.807, 2.05) is 0 Å². The van der Waals surface area contributed by atoms with Crippen molar-refractivity contribution in [2.45, 2.75) is 0 Å². The maximum absolute atomic E-state index is 10.8. The van der Waals surface area contributed by atoms with Crippen LogP contribution in [0.15, 0.2) is 85.7 Å². The van der Waals surface area contributed by atoms with Crippen LogP contribution in [-0.2, 0) is 19.5 Å². The maximum Gasteiger partial charge on any atom is 2.00 e. The normalized spacial score (nSPS) is 8.72. The Balaban J connectivity index is 0. The first-order valence-electron chi connectivity index (χ1n) is 9.84. The molecule has 0 unspecified atom stereocenters. The van der Waals surface area contributed by atoms with Crippen molar-refractivity contribution >= 4 is 23.9 Å². The summed E-state index contributed by atoms with van der Waals surface area (Å²) in [6, 6.07) is 11.2. The van der Waals surface area contributed by atoms with Gasteiger partial charge in [0.15, 0.2) is 0 Å². The second kappa shape index (κ2) is 18.4. The first-order valence-corrected chi connectivity index (χ1v) is 9.84. The monoisotopic (exact) mass is 622 g/mol. The molecule has 204 valence electrons. The minimum atomic E-state index is -1.08. The number of carboxylic acid groups (broad SMARTS) is 4. The number of rotatable bonds is 5. The molecule has 0 amide bonds. The summed E-state index contributed by atoms with van der Waals surface area (Å²) in [6.07, 6.45) is 8.47.